The molecule has 1 saturated carbocycles. The second-order valence-electron chi connectivity index (χ2n) is 4.91. The Labute approximate surface area is 96.4 Å². The Balaban J connectivity index is 2.22. The third-order valence-corrected chi connectivity index (χ3v) is 4.26. The van der Waals surface area contributed by atoms with Gasteiger partial charge in [-0.3, -0.25) is 9.69 Å². The minimum absolute atomic E-state index is 0.0472. The summed E-state index contributed by atoms with van der Waals surface area (Å²) in [5, 5.41) is 2.87. The Kier molecular flexibility index (Phi) is 2.91. The molecule has 2 rings (SSSR count). The third-order valence-electron chi connectivity index (χ3n) is 4.26. The molecule has 1 aliphatic carbocycles. The molecule has 90 valence electrons. The molecule has 0 aromatic carbocycles. The van der Waals surface area contributed by atoms with Crippen molar-refractivity contribution >= 4 is 11.9 Å². The molecule has 2 aliphatic rings. The third kappa shape index (κ3) is 1.51. The van der Waals surface area contributed by atoms with E-state index in [1.54, 1.807) is 0 Å². The monoisotopic (exact) mass is 224 g/mol. The lowest BCUT2D eigenvalue weighted by Gasteiger charge is -2.45. The summed E-state index contributed by atoms with van der Waals surface area (Å²) in [6.07, 6.45) is 4.68. The molecule has 0 aromatic heterocycles. The fourth-order valence-electron chi connectivity index (χ4n) is 2.53. The molecular weight excluding hydrogens is 204 g/mol. The number of imide groups is 1. The fourth-order valence-corrected chi connectivity index (χ4v) is 2.53. The predicted octanol–water partition coefficient (Wildman–Crippen LogP) is 1.90. The summed E-state index contributed by atoms with van der Waals surface area (Å²) in [6, 6.07) is -0.0301. The molecule has 1 heterocycles. The number of nitrogens with zero attached hydrogens (tertiary/aromatic N) is 1. The van der Waals surface area contributed by atoms with Gasteiger partial charge in [0, 0.05) is 12.6 Å². The lowest BCUT2D eigenvalue weighted by molar-refractivity contribution is -0.144. The van der Waals surface area contributed by atoms with Gasteiger partial charge in [-0.25, -0.2) is 4.79 Å². The Morgan fingerprint density at radius 3 is 2.38 bits per heavy atom. The van der Waals surface area contributed by atoms with E-state index in [1.165, 1.54) is 4.90 Å². The maximum absolute atomic E-state index is 12.4. The van der Waals surface area contributed by atoms with Crippen molar-refractivity contribution in [2.75, 3.05) is 6.54 Å². The number of hydrogen-bond donors (Lipinski definition) is 1. The number of nitrogens with one attached hydrogen (secondary N) is 1. The quantitative estimate of drug-likeness (QED) is 0.796. The van der Waals surface area contributed by atoms with Gasteiger partial charge in [-0.05, 0) is 32.1 Å². The van der Waals surface area contributed by atoms with Crippen LogP contribution in [0.5, 0.6) is 0 Å². The van der Waals surface area contributed by atoms with E-state index in [1.807, 2.05) is 13.8 Å². The van der Waals surface area contributed by atoms with Gasteiger partial charge in [0.2, 0.25) is 5.91 Å². The Bertz CT molecular complexity index is 306. The number of carbonyl (C=O) groups is 2. The maximum atomic E-state index is 12.4. The Morgan fingerprint density at radius 2 is 1.94 bits per heavy atom. The van der Waals surface area contributed by atoms with E-state index in [-0.39, 0.29) is 23.4 Å². The second kappa shape index (κ2) is 4.07. The molecule has 4 heteroatoms. The summed E-state index contributed by atoms with van der Waals surface area (Å²) in [7, 11) is 0. The van der Waals surface area contributed by atoms with Crippen LogP contribution in [0.25, 0.3) is 0 Å². The highest BCUT2D eigenvalue weighted by molar-refractivity contribution is 6.00. The van der Waals surface area contributed by atoms with Crippen molar-refractivity contribution in [2.24, 2.45) is 5.41 Å². The van der Waals surface area contributed by atoms with E-state index in [4.69, 9.17) is 0 Å². The lowest BCUT2D eigenvalue weighted by Crippen LogP contribution is -2.64. The zero-order valence-corrected chi connectivity index (χ0v) is 10.1. The van der Waals surface area contributed by atoms with Crippen molar-refractivity contribution in [3.63, 3.8) is 0 Å². The summed E-state index contributed by atoms with van der Waals surface area (Å²) in [5.41, 5.74) is -0.358. The van der Waals surface area contributed by atoms with Gasteiger partial charge in [-0.1, -0.05) is 13.8 Å². The summed E-state index contributed by atoms with van der Waals surface area (Å²) in [5.74, 6) is 0.0472. The van der Waals surface area contributed by atoms with Gasteiger partial charge in [0.1, 0.15) is 0 Å². The van der Waals surface area contributed by atoms with E-state index in [0.717, 1.165) is 32.1 Å². The first-order valence-corrected chi connectivity index (χ1v) is 6.26. The van der Waals surface area contributed by atoms with Crippen molar-refractivity contribution in [1.29, 1.82) is 0 Å². The second-order valence-corrected chi connectivity index (χ2v) is 4.91. The highest BCUT2D eigenvalue weighted by Gasteiger charge is 2.47. The van der Waals surface area contributed by atoms with Gasteiger partial charge in [-0.2, -0.15) is 0 Å². The zero-order valence-electron chi connectivity index (χ0n) is 10.1. The lowest BCUT2D eigenvalue weighted by atomic mass is 9.78. The number of rotatable bonds is 3. The molecule has 3 amide bonds. The van der Waals surface area contributed by atoms with E-state index < -0.39 is 0 Å². The van der Waals surface area contributed by atoms with Crippen LogP contribution in [0.3, 0.4) is 0 Å². The van der Waals surface area contributed by atoms with Gasteiger partial charge in [0.25, 0.3) is 0 Å². The van der Waals surface area contributed by atoms with E-state index in [0.29, 0.717) is 6.54 Å². The Hall–Kier alpha value is -1.06. The summed E-state index contributed by atoms with van der Waals surface area (Å²) in [6.45, 7) is 4.55. The Morgan fingerprint density at radius 1 is 1.31 bits per heavy atom. The van der Waals surface area contributed by atoms with Crippen LogP contribution in [0.4, 0.5) is 4.79 Å². The molecule has 1 saturated heterocycles. The van der Waals surface area contributed by atoms with Crippen LogP contribution >= 0.6 is 0 Å². The smallest absolute Gasteiger partial charge is 0.324 e. The van der Waals surface area contributed by atoms with Crippen LogP contribution in [0.2, 0.25) is 0 Å². The van der Waals surface area contributed by atoms with Crippen LogP contribution < -0.4 is 5.32 Å². The van der Waals surface area contributed by atoms with E-state index in [2.05, 4.69) is 5.32 Å². The molecule has 0 radical (unpaired) electrons. The summed E-state index contributed by atoms with van der Waals surface area (Å²) in [4.78, 5) is 25.7. The van der Waals surface area contributed by atoms with Gasteiger partial charge in [-0.15, -0.1) is 0 Å². The zero-order chi connectivity index (χ0) is 11.8. The number of carbonyl (C=O) groups excluding carboxylic acids is 2. The molecule has 0 bridgehead atoms. The number of amides is 3. The molecule has 0 atom stereocenters. The van der Waals surface area contributed by atoms with Gasteiger partial charge >= 0.3 is 6.03 Å². The average Bonchev–Trinajstić information content (AvgIpc) is 2.23. The molecule has 0 aromatic rings. The minimum Gasteiger partial charge on any atom is -0.337 e. The standard InChI is InChI=1S/C12H20N2O2/c1-3-12(4-2)8-13-11(16)14(10(12)15)9-6-5-7-9/h9H,3-8H2,1-2H3,(H,13,16). The van der Waals surface area contributed by atoms with Gasteiger partial charge in [0.15, 0.2) is 0 Å². The number of urea groups is 1. The maximum Gasteiger partial charge on any atom is 0.324 e. The van der Waals surface area contributed by atoms with Crippen molar-refractivity contribution in [3.05, 3.63) is 0 Å². The topological polar surface area (TPSA) is 49.4 Å². The molecule has 2 fully saturated rings. The van der Waals surface area contributed by atoms with Crippen LogP contribution in [0, 0.1) is 5.41 Å². The van der Waals surface area contributed by atoms with Crippen LogP contribution in [-0.2, 0) is 4.79 Å². The normalized spacial score (nSPS) is 25.2. The first-order chi connectivity index (χ1) is 7.64. The number of hydrogen-bond acceptors (Lipinski definition) is 2. The van der Waals surface area contributed by atoms with Crippen LogP contribution in [-0.4, -0.2) is 29.4 Å². The van der Waals surface area contributed by atoms with E-state index in [9.17, 15) is 9.59 Å². The highest BCUT2D eigenvalue weighted by atomic mass is 16.2. The molecule has 16 heavy (non-hydrogen) atoms. The minimum atomic E-state index is -0.358. The van der Waals surface area contributed by atoms with Crippen molar-refractivity contribution in [1.82, 2.24) is 10.2 Å². The fraction of sp³-hybridized carbons (Fsp3) is 0.833. The van der Waals surface area contributed by atoms with Crippen LogP contribution in [0.1, 0.15) is 46.0 Å². The largest absolute Gasteiger partial charge is 0.337 e. The van der Waals surface area contributed by atoms with Gasteiger partial charge < -0.3 is 5.32 Å². The predicted molar refractivity (Wildman–Crippen MR) is 60.9 cm³/mol. The molecular formula is C12H20N2O2. The SMILES string of the molecule is CCC1(CC)CNC(=O)N(C2CCC2)C1=O. The molecule has 1 N–H and O–H groups in total. The first kappa shape index (κ1) is 11.4. The average molecular weight is 224 g/mol. The summed E-state index contributed by atoms with van der Waals surface area (Å²) < 4.78 is 0. The molecule has 0 unspecified atom stereocenters. The molecule has 1 aliphatic heterocycles. The summed E-state index contributed by atoms with van der Waals surface area (Å²) >= 11 is 0. The molecule has 0 spiro atoms. The van der Waals surface area contributed by atoms with E-state index >= 15 is 0 Å². The first-order valence-electron chi connectivity index (χ1n) is 6.26. The van der Waals surface area contributed by atoms with Crippen LogP contribution in [0.15, 0.2) is 0 Å². The van der Waals surface area contributed by atoms with Crippen molar-refractivity contribution < 1.29 is 9.59 Å². The van der Waals surface area contributed by atoms with Gasteiger partial charge in [0.05, 0.1) is 5.41 Å². The highest BCUT2D eigenvalue weighted by Crippen LogP contribution is 2.35. The molecule has 4 nitrogen and oxygen atoms in total. The van der Waals surface area contributed by atoms with Crippen molar-refractivity contribution in [3.8, 4) is 0 Å². The van der Waals surface area contributed by atoms with Crippen molar-refractivity contribution in [2.45, 2.75) is 52.0 Å².